The monoisotopic (exact) mass is 373 g/mol. The molecule has 4 heteroatoms. The summed E-state index contributed by atoms with van der Waals surface area (Å²) in [5.41, 5.74) is 2.67. The summed E-state index contributed by atoms with van der Waals surface area (Å²) < 4.78 is 11.0. The molecule has 0 N–H and O–H groups in total. The van der Waals surface area contributed by atoms with Gasteiger partial charge in [-0.05, 0) is 49.1 Å². The van der Waals surface area contributed by atoms with Gasteiger partial charge < -0.3 is 9.47 Å². The van der Waals surface area contributed by atoms with Gasteiger partial charge in [0.15, 0.2) is 11.5 Å². The van der Waals surface area contributed by atoms with E-state index >= 15 is 0 Å². The zero-order valence-corrected chi connectivity index (χ0v) is 16.4. The quantitative estimate of drug-likeness (QED) is 0.604. The number of methoxy groups -OCH3 is 1. The van der Waals surface area contributed by atoms with Crippen LogP contribution >= 0.6 is 12.4 Å². The fourth-order valence-corrected chi connectivity index (χ4v) is 3.75. The van der Waals surface area contributed by atoms with E-state index < -0.39 is 0 Å². The van der Waals surface area contributed by atoms with E-state index in [4.69, 9.17) is 14.5 Å². The van der Waals surface area contributed by atoms with E-state index in [1.165, 1.54) is 31.2 Å². The summed E-state index contributed by atoms with van der Waals surface area (Å²) >= 11 is 0. The Morgan fingerprint density at radius 1 is 1.04 bits per heavy atom. The van der Waals surface area contributed by atoms with E-state index in [-0.39, 0.29) is 17.8 Å². The molecule has 0 radical (unpaired) electrons. The minimum atomic E-state index is 0. The third-order valence-electron chi connectivity index (χ3n) is 5.07. The van der Waals surface area contributed by atoms with Crippen molar-refractivity contribution in [3.05, 3.63) is 59.7 Å². The number of ether oxygens (including phenoxy) is 2. The molecule has 0 bridgehead atoms. The number of hydrogen-bond donors (Lipinski definition) is 0. The highest BCUT2D eigenvalue weighted by molar-refractivity contribution is 5.85. The van der Waals surface area contributed by atoms with Gasteiger partial charge in [-0.15, -0.1) is 12.4 Å². The SMILES string of the molecule is CCOc1ccc(C=NCC2(c3ccccc3)CCCC2)cc1OC.Cl. The fourth-order valence-electron chi connectivity index (χ4n) is 3.75. The van der Waals surface area contributed by atoms with Crippen molar-refractivity contribution in [2.24, 2.45) is 4.99 Å². The second kappa shape index (κ2) is 9.63. The smallest absolute Gasteiger partial charge is 0.161 e. The van der Waals surface area contributed by atoms with Crippen molar-refractivity contribution in [1.82, 2.24) is 0 Å². The van der Waals surface area contributed by atoms with Gasteiger partial charge in [0, 0.05) is 18.2 Å². The maximum Gasteiger partial charge on any atom is 0.161 e. The topological polar surface area (TPSA) is 30.8 Å². The average Bonchev–Trinajstić information content (AvgIpc) is 3.14. The number of aliphatic imine (C=N–C) groups is 1. The second-order valence-corrected chi connectivity index (χ2v) is 6.67. The van der Waals surface area contributed by atoms with Crippen LogP contribution in [0.25, 0.3) is 0 Å². The first-order chi connectivity index (χ1) is 12.3. The molecule has 3 nitrogen and oxygen atoms in total. The Kier molecular flexibility index (Phi) is 7.52. The minimum absolute atomic E-state index is 0. The van der Waals surface area contributed by atoms with Gasteiger partial charge in [-0.1, -0.05) is 43.2 Å². The normalized spacial score (nSPS) is 15.6. The molecule has 0 saturated heterocycles. The average molecular weight is 374 g/mol. The Balaban J connectivity index is 0.00000243. The first-order valence-corrected chi connectivity index (χ1v) is 9.13. The van der Waals surface area contributed by atoms with Crippen LogP contribution in [0.15, 0.2) is 53.5 Å². The number of hydrogen-bond acceptors (Lipinski definition) is 3. The maximum atomic E-state index is 5.57. The number of benzene rings is 2. The summed E-state index contributed by atoms with van der Waals surface area (Å²) in [5.74, 6) is 1.53. The van der Waals surface area contributed by atoms with Crippen LogP contribution in [0, 0.1) is 0 Å². The summed E-state index contributed by atoms with van der Waals surface area (Å²) in [6, 6.07) is 16.8. The maximum absolute atomic E-state index is 5.57. The summed E-state index contributed by atoms with van der Waals surface area (Å²) in [7, 11) is 1.67. The van der Waals surface area contributed by atoms with Crippen LogP contribution in [0.5, 0.6) is 11.5 Å². The molecule has 2 aromatic carbocycles. The zero-order chi connectivity index (χ0) is 17.5. The van der Waals surface area contributed by atoms with Crippen molar-refractivity contribution < 1.29 is 9.47 Å². The van der Waals surface area contributed by atoms with Gasteiger partial charge >= 0.3 is 0 Å². The molecule has 26 heavy (non-hydrogen) atoms. The van der Waals surface area contributed by atoms with Gasteiger partial charge in [0.25, 0.3) is 0 Å². The fraction of sp³-hybridized carbons (Fsp3) is 0.409. The van der Waals surface area contributed by atoms with Crippen molar-refractivity contribution >= 4 is 18.6 Å². The largest absolute Gasteiger partial charge is 0.493 e. The molecule has 0 atom stereocenters. The Bertz CT molecular complexity index is 709. The predicted octanol–water partition coefficient (Wildman–Crippen LogP) is 5.45. The van der Waals surface area contributed by atoms with Crippen LogP contribution in [0.3, 0.4) is 0 Å². The minimum Gasteiger partial charge on any atom is -0.493 e. The third kappa shape index (κ3) is 4.59. The third-order valence-corrected chi connectivity index (χ3v) is 5.07. The van der Waals surface area contributed by atoms with Crippen LogP contribution in [0.2, 0.25) is 0 Å². The van der Waals surface area contributed by atoms with Crippen LogP contribution in [-0.4, -0.2) is 26.5 Å². The Labute approximate surface area is 162 Å². The van der Waals surface area contributed by atoms with E-state index in [9.17, 15) is 0 Å². The molecule has 0 spiro atoms. The predicted molar refractivity (Wildman–Crippen MR) is 110 cm³/mol. The molecule has 0 amide bonds. The zero-order valence-electron chi connectivity index (χ0n) is 15.6. The van der Waals surface area contributed by atoms with Gasteiger partial charge in [0.2, 0.25) is 0 Å². The Morgan fingerprint density at radius 3 is 2.42 bits per heavy atom. The molecular weight excluding hydrogens is 346 g/mol. The molecule has 0 aromatic heterocycles. The summed E-state index contributed by atoms with van der Waals surface area (Å²) in [6.07, 6.45) is 6.99. The van der Waals surface area contributed by atoms with E-state index in [1.807, 2.05) is 31.3 Å². The van der Waals surface area contributed by atoms with Gasteiger partial charge in [0.05, 0.1) is 13.7 Å². The second-order valence-electron chi connectivity index (χ2n) is 6.67. The first kappa shape index (κ1) is 20.3. The summed E-state index contributed by atoms with van der Waals surface area (Å²) in [6.45, 7) is 3.44. The molecule has 1 aliphatic rings. The van der Waals surface area contributed by atoms with Crippen molar-refractivity contribution in [1.29, 1.82) is 0 Å². The molecule has 140 valence electrons. The lowest BCUT2D eigenvalue weighted by atomic mass is 9.79. The van der Waals surface area contributed by atoms with Gasteiger partial charge in [-0.3, -0.25) is 4.99 Å². The highest BCUT2D eigenvalue weighted by Crippen LogP contribution is 2.41. The molecule has 0 heterocycles. The number of halogens is 1. The molecule has 1 aliphatic carbocycles. The lowest BCUT2D eigenvalue weighted by Crippen LogP contribution is -2.25. The molecule has 1 fully saturated rings. The first-order valence-electron chi connectivity index (χ1n) is 9.13. The van der Waals surface area contributed by atoms with Crippen molar-refractivity contribution in [3.63, 3.8) is 0 Å². The Morgan fingerprint density at radius 2 is 1.77 bits per heavy atom. The number of rotatable bonds is 7. The van der Waals surface area contributed by atoms with Crippen molar-refractivity contribution in [2.75, 3.05) is 20.3 Å². The molecule has 1 saturated carbocycles. The van der Waals surface area contributed by atoms with E-state index in [0.717, 1.165) is 23.6 Å². The van der Waals surface area contributed by atoms with E-state index in [0.29, 0.717) is 6.61 Å². The van der Waals surface area contributed by atoms with Crippen LogP contribution in [0.4, 0.5) is 0 Å². The summed E-state index contributed by atoms with van der Waals surface area (Å²) in [4.78, 5) is 4.80. The molecule has 0 aliphatic heterocycles. The molecule has 3 rings (SSSR count). The van der Waals surface area contributed by atoms with E-state index in [1.54, 1.807) is 7.11 Å². The van der Waals surface area contributed by atoms with Gasteiger partial charge in [-0.25, -0.2) is 0 Å². The highest BCUT2D eigenvalue weighted by Gasteiger charge is 2.34. The molecular formula is C22H28ClNO2. The van der Waals surface area contributed by atoms with Crippen LogP contribution in [-0.2, 0) is 5.41 Å². The standard InChI is InChI=1S/C22H27NO2.ClH/c1-3-25-20-12-11-18(15-21(20)24-2)16-23-17-22(13-7-8-14-22)19-9-5-4-6-10-19;/h4-6,9-12,15-16H,3,7-8,13-14,17H2,1-2H3;1H. The summed E-state index contributed by atoms with van der Waals surface area (Å²) in [5, 5.41) is 0. The van der Waals surface area contributed by atoms with Crippen molar-refractivity contribution in [3.8, 4) is 11.5 Å². The van der Waals surface area contributed by atoms with Crippen molar-refractivity contribution in [2.45, 2.75) is 38.0 Å². The lowest BCUT2D eigenvalue weighted by Gasteiger charge is -2.27. The Hall–Kier alpha value is -2.00. The number of nitrogens with zero attached hydrogens (tertiary/aromatic N) is 1. The van der Waals surface area contributed by atoms with Gasteiger partial charge in [0.1, 0.15) is 0 Å². The van der Waals surface area contributed by atoms with E-state index in [2.05, 4.69) is 30.3 Å². The molecule has 2 aromatic rings. The molecule has 0 unspecified atom stereocenters. The van der Waals surface area contributed by atoms with Gasteiger partial charge in [-0.2, -0.15) is 0 Å². The lowest BCUT2D eigenvalue weighted by molar-refractivity contribution is 0.311. The highest BCUT2D eigenvalue weighted by atomic mass is 35.5. The van der Waals surface area contributed by atoms with Crippen LogP contribution < -0.4 is 9.47 Å². The van der Waals surface area contributed by atoms with Crippen LogP contribution in [0.1, 0.15) is 43.7 Å².